The van der Waals surface area contributed by atoms with E-state index in [0.29, 0.717) is 40.3 Å². The molecule has 4 N–H and O–H groups in total. The number of amides is 3. The van der Waals surface area contributed by atoms with E-state index in [0.717, 1.165) is 68.5 Å². The number of ether oxygens (including phenoxy) is 1. The normalized spacial score (nSPS) is 13.8. The molecule has 0 atom stereocenters. The van der Waals surface area contributed by atoms with Crippen LogP contribution in [0.3, 0.4) is 0 Å². The number of fused-ring (bicyclic) bond motifs is 1. The van der Waals surface area contributed by atoms with Gasteiger partial charge in [-0.2, -0.15) is 0 Å². The molecule has 5 aromatic rings. The molecule has 0 saturated carbocycles. The largest absolute Gasteiger partial charge is 0.445 e. The number of carbonyl (C=O) groups excluding carboxylic acids is 2. The molecule has 11 nitrogen and oxygen atoms in total. The first-order valence-electron chi connectivity index (χ1n) is 17.6. The van der Waals surface area contributed by atoms with E-state index in [1.54, 1.807) is 6.20 Å². The van der Waals surface area contributed by atoms with Crippen LogP contribution in [0.2, 0.25) is 0 Å². The number of unbranched alkanes of at least 4 members (excludes halogenated alkanes) is 2. The monoisotopic (exact) mass is 709 g/mol. The number of aliphatic hydroxyl groups is 1. The van der Waals surface area contributed by atoms with Crippen molar-refractivity contribution in [2.24, 2.45) is 0 Å². The zero-order chi connectivity index (χ0) is 35.7. The summed E-state index contributed by atoms with van der Waals surface area (Å²) in [6.45, 7) is 5.98. The summed E-state index contributed by atoms with van der Waals surface area (Å²) in [6, 6.07) is 21.3. The van der Waals surface area contributed by atoms with Gasteiger partial charge in [0.15, 0.2) is 5.13 Å². The highest BCUT2D eigenvalue weighted by molar-refractivity contribution is 7.17. The summed E-state index contributed by atoms with van der Waals surface area (Å²) in [7, 11) is 3.94. The number of hydrogen-bond acceptors (Lipinski definition) is 8. The van der Waals surface area contributed by atoms with Gasteiger partial charge in [-0.05, 0) is 87.5 Å². The lowest BCUT2D eigenvalue weighted by Gasteiger charge is -2.29. The molecule has 0 spiro atoms. The summed E-state index contributed by atoms with van der Waals surface area (Å²) in [5.74, 6) is 0.384. The maximum absolute atomic E-state index is 13.2. The van der Waals surface area contributed by atoms with Gasteiger partial charge in [-0.15, -0.1) is 0 Å². The fourth-order valence-electron chi connectivity index (χ4n) is 6.30. The average molecular weight is 710 g/mol. The molecule has 0 radical (unpaired) electrons. The number of aliphatic hydroxyl groups excluding tert-OH is 1. The van der Waals surface area contributed by atoms with E-state index in [2.05, 4.69) is 61.7 Å². The molecule has 0 aliphatic carbocycles. The summed E-state index contributed by atoms with van der Waals surface area (Å²) in [5.41, 5.74) is 5.42. The highest BCUT2D eigenvalue weighted by Crippen LogP contribution is 2.34. The average Bonchev–Trinajstić information content (AvgIpc) is 3.72. The predicted octanol–water partition coefficient (Wildman–Crippen LogP) is 7.46. The number of nitrogens with one attached hydrogen (secondary N) is 3. The molecule has 6 rings (SSSR count). The van der Waals surface area contributed by atoms with Gasteiger partial charge in [0.1, 0.15) is 5.75 Å². The van der Waals surface area contributed by atoms with Crippen molar-refractivity contribution in [1.29, 1.82) is 0 Å². The molecule has 0 unspecified atom stereocenters. The van der Waals surface area contributed by atoms with Crippen LogP contribution >= 0.6 is 11.3 Å². The quantitative estimate of drug-likeness (QED) is 0.0883. The first kappa shape index (κ1) is 36.1. The predicted molar refractivity (Wildman–Crippen MR) is 204 cm³/mol. The smallest absolute Gasteiger partial charge is 0.319 e. The lowest BCUT2D eigenvalue weighted by atomic mass is 10.1. The van der Waals surface area contributed by atoms with Crippen molar-refractivity contribution in [3.05, 3.63) is 95.8 Å². The van der Waals surface area contributed by atoms with Crippen molar-refractivity contribution in [3.63, 3.8) is 0 Å². The molecule has 3 aromatic carbocycles. The van der Waals surface area contributed by atoms with E-state index in [4.69, 9.17) is 4.74 Å². The molecule has 3 amide bonds. The van der Waals surface area contributed by atoms with Crippen molar-refractivity contribution < 1.29 is 19.4 Å². The first-order chi connectivity index (χ1) is 24.7. The number of para-hydroxylation sites is 1. The van der Waals surface area contributed by atoms with E-state index in [1.165, 1.54) is 22.3 Å². The Morgan fingerprint density at radius 2 is 1.78 bits per heavy atom. The number of urea groups is 1. The fourth-order valence-corrected chi connectivity index (χ4v) is 6.97. The van der Waals surface area contributed by atoms with Gasteiger partial charge < -0.3 is 29.9 Å². The number of nitrogens with zero attached hydrogens (tertiary/aromatic N) is 4. The number of rotatable bonds is 14. The number of thiazole rings is 1. The van der Waals surface area contributed by atoms with Crippen LogP contribution in [0.1, 0.15) is 60.5 Å². The van der Waals surface area contributed by atoms with Crippen LogP contribution in [0.4, 0.5) is 15.6 Å². The number of hydrogen-bond donors (Lipinski definition) is 4. The summed E-state index contributed by atoms with van der Waals surface area (Å²) >= 11 is 1.24. The Balaban J connectivity index is 1.09. The van der Waals surface area contributed by atoms with Crippen LogP contribution in [-0.2, 0) is 13.1 Å². The fraction of sp³-hybridized carbons (Fsp3) is 0.359. The summed E-state index contributed by atoms with van der Waals surface area (Å²) in [6.07, 6.45) is 8.33. The standard InChI is InChI=1S/C39H47N7O4S/c1-4-5-8-19-40-38(49)42-30-13-16-35(28(22-30)24-44(2)3)50-36-23-41-39(51-36)43-37(48)27-11-14-31(15-12-27)46-26-29(33-9-6-7-10-34(33)46)25-45-20-17-32(47)18-21-45/h6-7,9-16,22-23,26,32,47H,4-5,8,17-21,24-25H2,1-3H3,(H2,40,42,49)(H,41,43,48). The molecule has 1 saturated heterocycles. The van der Waals surface area contributed by atoms with Crippen molar-refractivity contribution in [2.45, 2.75) is 58.2 Å². The van der Waals surface area contributed by atoms with E-state index in [1.807, 2.05) is 67.5 Å². The third-order valence-corrected chi connectivity index (χ3v) is 9.73. The van der Waals surface area contributed by atoms with Gasteiger partial charge in [0.05, 0.1) is 17.8 Å². The van der Waals surface area contributed by atoms with Gasteiger partial charge in [-0.25, -0.2) is 9.78 Å². The van der Waals surface area contributed by atoms with E-state index in [-0.39, 0.29) is 18.0 Å². The number of carbonyl (C=O) groups is 2. The molecular weight excluding hydrogens is 663 g/mol. The Bertz CT molecular complexity index is 1930. The highest BCUT2D eigenvalue weighted by atomic mass is 32.1. The summed E-state index contributed by atoms with van der Waals surface area (Å²) in [4.78, 5) is 34.4. The number of piperidine rings is 1. The topological polar surface area (TPSA) is 124 Å². The third kappa shape index (κ3) is 9.53. The molecule has 2 aromatic heterocycles. The molecule has 3 heterocycles. The van der Waals surface area contributed by atoms with Gasteiger partial charge in [0.25, 0.3) is 5.91 Å². The van der Waals surface area contributed by atoms with Crippen LogP contribution in [0.25, 0.3) is 16.6 Å². The van der Waals surface area contributed by atoms with Crippen molar-refractivity contribution >= 4 is 45.0 Å². The number of aromatic nitrogens is 2. The van der Waals surface area contributed by atoms with Gasteiger partial charge in [-0.3, -0.25) is 15.0 Å². The number of likely N-dealkylation sites (tertiary alicyclic amines) is 1. The molecular formula is C39H47N7O4S. The van der Waals surface area contributed by atoms with Gasteiger partial charge in [-0.1, -0.05) is 49.3 Å². The van der Waals surface area contributed by atoms with Gasteiger partial charge in [0, 0.05) is 66.8 Å². The van der Waals surface area contributed by atoms with Gasteiger partial charge >= 0.3 is 6.03 Å². The maximum Gasteiger partial charge on any atom is 0.319 e. The minimum absolute atomic E-state index is 0.195. The second kappa shape index (κ2) is 17.0. The minimum Gasteiger partial charge on any atom is -0.445 e. The molecule has 1 aliphatic rings. The SMILES string of the molecule is CCCCCNC(=O)Nc1ccc(Oc2cnc(NC(=O)c3ccc(-n4cc(CN5CCC(O)CC5)c5ccccc54)cc3)s2)c(CN(C)C)c1. The zero-order valence-corrected chi connectivity index (χ0v) is 30.3. The Morgan fingerprint density at radius 1 is 1.00 bits per heavy atom. The Kier molecular flexibility index (Phi) is 12.0. The summed E-state index contributed by atoms with van der Waals surface area (Å²) in [5, 5.41) is 20.8. The number of benzene rings is 3. The lowest BCUT2D eigenvalue weighted by molar-refractivity contribution is 0.0794. The van der Waals surface area contributed by atoms with Crippen molar-refractivity contribution in [2.75, 3.05) is 44.4 Å². The molecule has 268 valence electrons. The molecule has 12 heteroatoms. The molecule has 0 bridgehead atoms. The van der Waals surface area contributed by atoms with E-state index >= 15 is 0 Å². The van der Waals surface area contributed by atoms with Gasteiger partial charge in [0.2, 0.25) is 5.06 Å². The Morgan fingerprint density at radius 3 is 2.55 bits per heavy atom. The second-order valence-electron chi connectivity index (χ2n) is 13.3. The molecule has 51 heavy (non-hydrogen) atoms. The molecule has 1 fully saturated rings. The molecule has 1 aliphatic heterocycles. The van der Waals surface area contributed by atoms with Crippen LogP contribution in [0.5, 0.6) is 10.8 Å². The Labute approximate surface area is 303 Å². The Hall–Kier alpha value is -4.75. The van der Waals surface area contributed by atoms with Crippen LogP contribution in [0, 0.1) is 0 Å². The van der Waals surface area contributed by atoms with Crippen LogP contribution in [0.15, 0.2) is 79.1 Å². The van der Waals surface area contributed by atoms with Crippen molar-refractivity contribution in [1.82, 2.24) is 24.7 Å². The zero-order valence-electron chi connectivity index (χ0n) is 29.5. The maximum atomic E-state index is 13.2. The second-order valence-corrected chi connectivity index (χ2v) is 14.3. The van der Waals surface area contributed by atoms with E-state index in [9.17, 15) is 14.7 Å². The summed E-state index contributed by atoms with van der Waals surface area (Å²) < 4.78 is 8.39. The highest BCUT2D eigenvalue weighted by Gasteiger charge is 2.20. The van der Waals surface area contributed by atoms with Crippen molar-refractivity contribution in [3.8, 4) is 16.5 Å². The van der Waals surface area contributed by atoms with Crippen LogP contribution < -0.4 is 20.7 Å². The minimum atomic E-state index is -0.260. The third-order valence-electron chi connectivity index (χ3n) is 8.94. The number of anilines is 2. The van der Waals surface area contributed by atoms with Crippen LogP contribution in [-0.4, -0.2) is 76.2 Å². The lowest BCUT2D eigenvalue weighted by Crippen LogP contribution is -2.35. The van der Waals surface area contributed by atoms with E-state index < -0.39 is 0 Å². The first-order valence-corrected chi connectivity index (χ1v) is 18.4.